The van der Waals surface area contributed by atoms with Gasteiger partial charge in [0.05, 0.1) is 16.4 Å². The first-order valence-corrected chi connectivity index (χ1v) is 8.08. The van der Waals surface area contributed by atoms with Crippen LogP contribution in [0.1, 0.15) is 17.8 Å². The van der Waals surface area contributed by atoms with Crippen molar-refractivity contribution < 1.29 is 8.42 Å². The molecule has 0 aliphatic carbocycles. The first-order chi connectivity index (χ1) is 9.03. The third-order valence-electron chi connectivity index (χ3n) is 2.67. The van der Waals surface area contributed by atoms with E-state index in [9.17, 15) is 8.42 Å². The number of anilines is 1. The van der Waals surface area contributed by atoms with Gasteiger partial charge in [-0.25, -0.2) is 13.1 Å². The third kappa shape index (κ3) is 3.31. The SMILES string of the molecule is CNS(=O)(=O)c1cccc(NC(C)c2cncs2)c1. The highest BCUT2D eigenvalue weighted by Crippen LogP contribution is 2.23. The molecule has 102 valence electrons. The monoisotopic (exact) mass is 297 g/mol. The topological polar surface area (TPSA) is 71.1 Å². The molecule has 7 heteroatoms. The molecule has 1 aromatic heterocycles. The molecule has 0 aliphatic rings. The van der Waals surface area contributed by atoms with Gasteiger partial charge in [-0.3, -0.25) is 4.98 Å². The van der Waals surface area contributed by atoms with E-state index in [1.165, 1.54) is 7.05 Å². The highest BCUT2D eigenvalue weighted by atomic mass is 32.2. The zero-order chi connectivity index (χ0) is 13.9. The molecule has 0 spiro atoms. The maximum atomic E-state index is 11.7. The van der Waals surface area contributed by atoms with Crippen LogP contribution in [0.25, 0.3) is 0 Å². The normalized spacial score (nSPS) is 13.2. The van der Waals surface area contributed by atoms with Gasteiger partial charge in [-0.05, 0) is 32.2 Å². The Morgan fingerprint density at radius 2 is 2.16 bits per heavy atom. The Labute approximate surface area is 116 Å². The van der Waals surface area contributed by atoms with Crippen LogP contribution in [-0.4, -0.2) is 20.4 Å². The summed E-state index contributed by atoms with van der Waals surface area (Å²) in [6.07, 6.45) is 1.80. The van der Waals surface area contributed by atoms with Gasteiger partial charge in [-0.1, -0.05) is 6.07 Å². The van der Waals surface area contributed by atoms with Crippen molar-refractivity contribution in [2.45, 2.75) is 17.9 Å². The molecular weight excluding hydrogens is 282 g/mol. The Morgan fingerprint density at radius 3 is 2.79 bits per heavy atom. The number of rotatable bonds is 5. The lowest BCUT2D eigenvalue weighted by Gasteiger charge is -2.14. The van der Waals surface area contributed by atoms with Crippen molar-refractivity contribution in [2.24, 2.45) is 0 Å². The molecule has 19 heavy (non-hydrogen) atoms. The minimum Gasteiger partial charge on any atom is -0.378 e. The highest BCUT2D eigenvalue weighted by Gasteiger charge is 2.12. The molecule has 2 N–H and O–H groups in total. The van der Waals surface area contributed by atoms with E-state index in [4.69, 9.17) is 0 Å². The number of nitrogens with zero attached hydrogens (tertiary/aromatic N) is 1. The molecule has 0 fully saturated rings. The maximum Gasteiger partial charge on any atom is 0.240 e. The molecule has 1 heterocycles. The molecule has 0 saturated carbocycles. The van der Waals surface area contributed by atoms with Gasteiger partial charge in [-0.15, -0.1) is 11.3 Å². The van der Waals surface area contributed by atoms with Gasteiger partial charge in [0.15, 0.2) is 0 Å². The van der Waals surface area contributed by atoms with Crippen molar-refractivity contribution in [3.8, 4) is 0 Å². The van der Waals surface area contributed by atoms with Gasteiger partial charge in [0.2, 0.25) is 10.0 Å². The summed E-state index contributed by atoms with van der Waals surface area (Å²) in [4.78, 5) is 5.37. The van der Waals surface area contributed by atoms with Crippen molar-refractivity contribution in [1.82, 2.24) is 9.71 Å². The van der Waals surface area contributed by atoms with Crippen LogP contribution in [0.4, 0.5) is 5.69 Å². The quantitative estimate of drug-likeness (QED) is 0.888. The third-order valence-corrected chi connectivity index (χ3v) is 5.04. The molecule has 0 aliphatic heterocycles. The van der Waals surface area contributed by atoms with Gasteiger partial charge in [0.25, 0.3) is 0 Å². The molecule has 2 aromatic rings. The molecule has 0 radical (unpaired) electrons. The van der Waals surface area contributed by atoms with Gasteiger partial charge >= 0.3 is 0 Å². The van der Waals surface area contributed by atoms with Gasteiger partial charge in [0, 0.05) is 16.8 Å². The summed E-state index contributed by atoms with van der Waals surface area (Å²) in [6, 6.07) is 6.82. The Kier molecular flexibility index (Phi) is 4.18. The summed E-state index contributed by atoms with van der Waals surface area (Å²) in [6.45, 7) is 2.01. The number of thiazole rings is 1. The lowest BCUT2D eigenvalue weighted by molar-refractivity contribution is 0.588. The number of nitrogens with one attached hydrogen (secondary N) is 2. The smallest absolute Gasteiger partial charge is 0.240 e. The largest absolute Gasteiger partial charge is 0.378 e. The van der Waals surface area contributed by atoms with Crippen molar-refractivity contribution in [3.63, 3.8) is 0 Å². The van der Waals surface area contributed by atoms with E-state index in [1.54, 1.807) is 41.2 Å². The summed E-state index contributed by atoms with van der Waals surface area (Å²) >= 11 is 1.56. The van der Waals surface area contributed by atoms with Crippen molar-refractivity contribution in [2.75, 3.05) is 12.4 Å². The second kappa shape index (κ2) is 5.68. The van der Waals surface area contributed by atoms with E-state index in [2.05, 4.69) is 15.0 Å². The number of sulfonamides is 1. The predicted molar refractivity (Wildman–Crippen MR) is 76.8 cm³/mol. The lowest BCUT2D eigenvalue weighted by atomic mass is 10.2. The minimum absolute atomic E-state index is 0.0834. The average molecular weight is 297 g/mol. The summed E-state index contributed by atoms with van der Waals surface area (Å²) in [5.41, 5.74) is 2.53. The fourth-order valence-electron chi connectivity index (χ4n) is 1.63. The van der Waals surface area contributed by atoms with Crippen molar-refractivity contribution in [1.29, 1.82) is 0 Å². The molecule has 0 bridgehead atoms. The van der Waals surface area contributed by atoms with Crippen LogP contribution in [-0.2, 0) is 10.0 Å². The highest BCUT2D eigenvalue weighted by molar-refractivity contribution is 7.89. The van der Waals surface area contributed by atoms with Crippen LogP contribution in [0.3, 0.4) is 0 Å². The van der Waals surface area contributed by atoms with E-state index in [0.29, 0.717) is 0 Å². The number of hydrogen-bond donors (Lipinski definition) is 2. The minimum atomic E-state index is -3.41. The van der Waals surface area contributed by atoms with Crippen LogP contribution >= 0.6 is 11.3 Å². The van der Waals surface area contributed by atoms with Crippen LogP contribution in [0.5, 0.6) is 0 Å². The van der Waals surface area contributed by atoms with Gasteiger partial charge < -0.3 is 5.32 Å². The van der Waals surface area contributed by atoms with E-state index < -0.39 is 10.0 Å². The Hall–Kier alpha value is -1.44. The summed E-state index contributed by atoms with van der Waals surface area (Å²) in [5, 5.41) is 3.26. The summed E-state index contributed by atoms with van der Waals surface area (Å²) in [7, 11) is -2.01. The molecule has 1 unspecified atom stereocenters. The first kappa shape index (κ1) is 14.0. The van der Waals surface area contributed by atoms with E-state index in [0.717, 1.165) is 10.6 Å². The van der Waals surface area contributed by atoms with Crippen LogP contribution in [0.2, 0.25) is 0 Å². The molecule has 5 nitrogen and oxygen atoms in total. The maximum absolute atomic E-state index is 11.7. The van der Waals surface area contributed by atoms with Gasteiger partial charge in [-0.2, -0.15) is 0 Å². The van der Waals surface area contributed by atoms with Crippen molar-refractivity contribution >= 4 is 27.0 Å². The second-order valence-electron chi connectivity index (χ2n) is 4.01. The van der Waals surface area contributed by atoms with Crippen LogP contribution in [0.15, 0.2) is 40.9 Å². The second-order valence-corrected chi connectivity index (χ2v) is 6.81. The molecular formula is C12H15N3O2S2. The molecule has 0 saturated heterocycles. The fourth-order valence-corrected chi connectivity index (χ4v) is 3.04. The number of hydrogen-bond acceptors (Lipinski definition) is 5. The van der Waals surface area contributed by atoms with Crippen LogP contribution < -0.4 is 10.0 Å². The van der Waals surface area contributed by atoms with E-state index in [1.807, 2.05) is 13.0 Å². The molecule has 1 aromatic carbocycles. The Balaban J connectivity index is 2.20. The average Bonchev–Trinajstić information content (AvgIpc) is 2.93. The molecule has 0 amide bonds. The van der Waals surface area contributed by atoms with E-state index in [-0.39, 0.29) is 10.9 Å². The Morgan fingerprint density at radius 1 is 1.37 bits per heavy atom. The number of aromatic nitrogens is 1. The fraction of sp³-hybridized carbons (Fsp3) is 0.250. The summed E-state index contributed by atoms with van der Waals surface area (Å²) < 4.78 is 25.7. The zero-order valence-electron chi connectivity index (χ0n) is 10.6. The van der Waals surface area contributed by atoms with E-state index >= 15 is 0 Å². The zero-order valence-corrected chi connectivity index (χ0v) is 12.3. The van der Waals surface area contributed by atoms with Crippen molar-refractivity contribution in [3.05, 3.63) is 40.8 Å². The number of benzene rings is 1. The lowest BCUT2D eigenvalue weighted by Crippen LogP contribution is -2.18. The van der Waals surface area contributed by atoms with Crippen LogP contribution in [0, 0.1) is 0 Å². The Bertz CT molecular complexity index is 639. The first-order valence-electron chi connectivity index (χ1n) is 5.71. The molecule has 2 rings (SSSR count). The standard InChI is InChI=1S/C12H15N3O2S2/c1-9(12-7-14-8-18-12)15-10-4-3-5-11(6-10)19(16,17)13-2/h3-9,13,15H,1-2H3. The van der Waals surface area contributed by atoms with Gasteiger partial charge in [0.1, 0.15) is 0 Å². The predicted octanol–water partition coefficient (Wildman–Crippen LogP) is 2.22. The summed E-state index contributed by atoms with van der Waals surface area (Å²) in [5.74, 6) is 0. The molecule has 1 atom stereocenters.